The van der Waals surface area contributed by atoms with Gasteiger partial charge in [0, 0.05) is 37.1 Å². The Hall–Kier alpha value is -2.81. The summed E-state index contributed by atoms with van der Waals surface area (Å²) in [6, 6.07) is 1.97. The van der Waals surface area contributed by atoms with Crippen LogP contribution in [0, 0.1) is 10.1 Å². The first kappa shape index (κ1) is 15.6. The fourth-order valence-electron chi connectivity index (χ4n) is 2.00. The zero-order valence-corrected chi connectivity index (χ0v) is 12.2. The minimum absolute atomic E-state index is 0.196. The summed E-state index contributed by atoms with van der Waals surface area (Å²) in [6.45, 7) is 0.751. The summed E-state index contributed by atoms with van der Waals surface area (Å²) >= 11 is 0. The van der Waals surface area contributed by atoms with E-state index in [0.29, 0.717) is 12.0 Å². The number of aromatic amines is 1. The summed E-state index contributed by atoms with van der Waals surface area (Å²) in [5.41, 5.74) is 3.72. The molecule has 0 aromatic carbocycles. The van der Waals surface area contributed by atoms with E-state index >= 15 is 0 Å². The van der Waals surface area contributed by atoms with E-state index in [1.165, 1.54) is 6.20 Å². The van der Waals surface area contributed by atoms with E-state index in [1.54, 1.807) is 17.8 Å². The lowest BCUT2D eigenvalue weighted by Crippen LogP contribution is -2.19. The van der Waals surface area contributed by atoms with Crippen molar-refractivity contribution >= 4 is 5.95 Å². The van der Waals surface area contributed by atoms with Crippen LogP contribution in [0.5, 0.6) is 0 Å². The lowest BCUT2D eigenvalue weighted by molar-refractivity contribution is -0.446. The molecule has 0 aliphatic carbocycles. The van der Waals surface area contributed by atoms with E-state index in [0.717, 1.165) is 17.7 Å². The van der Waals surface area contributed by atoms with Gasteiger partial charge in [-0.25, -0.2) is 15.1 Å². The van der Waals surface area contributed by atoms with Crippen molar-refractivity contribution in [2.24, 2.45) is 0 Å². The second kappa shape index (κ2) is 6.76. The molecular formula is C13H16N6O3. The van der Waals surface area contributed by atoms with Crippen molar-refractivity contribution < 1.29 is 5.03 Å². The average molecular weight is 304 g/mol. The number of nitro groups is 1. The highest BCUT2D eigenvalue weighted by Gasteiger charge is 2.08. The number of nitrogens with zero attached hydrogens (tertiary/aromatic N) is 4. The first-order chi connectivity index (χ1) is 10.4. The topological polar surface area (TPSA) is 117 Å². The fraction of sp³-hybridized carbons (Fsp3) is 0.308. The van der Waals surface area contributed by atoms with Gasteiger partial charge in [-0.15, -0.1) is 0 Å². The van der Waals surface area contributed by atoms with E-state index in [1.807, 2.05) is 25.1 Å². The minimum Gasteiger partial charge on any atom is -0.305 e. The van der Waals surface area contributed by atoms with Gasteiger partial charge in [0.15, 0.2) is 5.03 Å². The van der Waals surface area contributed by atoms with Gasteiger partial charge >= 0.3 is 0 Å². The Kier molecular flexibility index (Phi) is 4.79. The van der Waals surface area contributed by atoms with E-state index in [2.05, 4.69) is 15.0 Å². The number of hydrogen-bond donors (Lipinski definition) is 2. The Morgan fingerprint density at radius 3 is 2.68 bits per heavy atom. The first-order valence-corrected chi connectivity index (χ1v) is 6.51. The standard InChI is InChI=1S/C13H16N6O3/c1-18(2)8-10-3-9(5-14-6-10)4-11-7-15-13(16-12(11)20)17-19(21)22/h3,5-7H,4,8H2,1-2H3,(H2,15,16,17,20). The van der Waals surface area contributed by atoms with Crippen LogP contribution in [-0.2, 0) is 13.0 Å². The van der Waals surface area contributed by atoms with Crippen molar-refractivity contribution in [1.82, 2.24) is 19.9 Å². The number of hydrogen-bond acceptors (Lipinski definition) is 6. The van der Waals surface area contributed by atoms with Crippen LogP contribution < -0.4 is 11.0 Å². The van der Waals surface area contributed by atoms with Crippen molar-refractivity contribution in [3.8, 4) is 0 Å². The SMILES string of the molecule is CN(C)Cc1cncc(Cc2cnc(N[N+](=O)[O-])[nH]c2=O)c1. The largest absolute Gasteiger partial charge is 0.305 e. The molecule has 0 atom stereocenters. The number of nitrogens with one attached hydrogen (secondary N) is 2. The second-order valence-electron chi connectivity index (χ2n) is 5.07. The highest BCUT2D eigenvalue weighted by Crippen LogP contribution is 2.08. The Morgan fingerprint density at radius 1 is 1.32 bits per heavy atom. The summed E-state index contributed by atoms with van der Waals surface area (Å²) in [4.78, 5) is 34.5. The molecule has 0 aliphatic heterocycles. The van der Waals surface area contributed by atoms with Crippen molar-refractivity contribution in [3.63, 3.8) is 0 Å². The Bertz CT molecular complexity index is 728. The zero-order chi connectivity index (χ0) is 16.1. The first-order valence-electron chi connectivity index (χ1n) is 6.51. The third-order valence-electron chi connectivity index (χ3n) is 2.82. The molecule has 22 heavy (non-hydrogen) atoms. The number of hydrazine groups is 1. The molecule has 0 saturated carbocycles. The van der Waals surface area contributed by atoms with Gasteiger partial charge < -0.3 is 4.90 Å². The van der Waals surface area contributed by atoms with Crippen molar-refractivity contribution in [2.45, 2.75) is 13.0 Å². The summed E-state index contributed by atoms with van der Waals surface area (Å²) < 4.78 is 0. The Morgan fingerprint density at radius 2 is 2.05 bits per heavy atom. The maximum atomic E-state index is 11.9. The van der Waals surface area contributed by atoms with Crippen LogP contribution in [0.4, 0.5) is 5.95 Å². The highest BCUT2D eigenvalue weighted by molar-refractivity contribution is 5.27. The lowest BCUT2D eigenvalue weighted by Gasteiger charge is -2.10. The molecule has 0 saturated heterocycles. The maximum Gasteiger partial charge on any atom is 0.265 e. The molecule has 0 spiro atoms. The van der Waals surface area contributed by atoms with E-state index in [4.69, 9.17) is 0 Å². The molecule has 116 valence electrons. The van der Waals surface area contributed by atoms with Crippen LogP contribution in [0.3, 0.4) is 0 Å². The third-order valence-corrected chi connectivity index (χ3v) is 2.82. The van der Waals surface area contributed by atoms with Crippen LogP contribution in [0.25, 0.3) is 0 Å². The molecule has 0 unspecified atom stereocenters. The predicted molar refractivity (Wildman–Crippen MR) is 79.9 cm³/mol. The molecule has 2 heterocycles. The monoisotopic (exact) mass is 304 g/mol. The number of anilines is 1. The lowest BCUT2D eigenvalue weighted by atomic mass is 10.1. The van der Waals surface area contributed by atoms with Crippen molar-refractivity contribution in [1.29, 1.82) is 0 Å². The maximum absolute atomic E-state index is 11.9. The molecule has 9 nitrogen and oxygen atoms in total. The van der Waals surface area contributed by atoms with Crippen LogP contribution in [-0.4, -0.2) is 39.0 Å². The summed E-state index contributed by atoms with van der Waals surface area (Å²) in [6.07, 6.45) is 5.14. The quantitative estimate of drug-likeness (QED) is 0.586. The molecule has 9 heteroatoms. The second-order valence-corrected chi connectivity index (χ2v) is 5.07. The Balaban J connectivity index is 2.17. The van der Waals surface area contributed by atoms with Crippen LogP contribution in [0.1, 0.15) is 16.7 Å². The van der Waals surface area contributed by atoms with Gasteiger partial charge in [0.1, 0.15) is 0 Å². The van der Waals surface area contributed by atoms with Gasteiger partial charge in [-0.1, -0.05) is 11.5 Å². The van der Waals surface area contributed by atoms with E-state index in [9.17, 15) is 14.9 Å². The fourth-order valence-corrected chi connectivity index (χ4v) is 2.00. The van der Waals surface area contributed by atoms with E-state index in [-0.39, 0.29) is 5.95 Å². The number of rotatable bonds is 6. The van der Waals surface area contributed by atoms with Gasteiger partial charge in [-0.05, 0) is 25.2 Å². The molecule has 0 bridgehead atoms. The van der Waals surface area contributed by atoms with Crippen LogP contribution in [0.2, 0.25) is 0 Å². The third kappa shape index (κ3) is 4.35. The van der Waals surface area contributed by atoms with Crippen molar-refractivity contribution in [3.05, 3.63) is 61.8 Å². The normalized spacial score (nSPS) is 10.7. The molecule has 2 N–H and O–H groups in total. The zero-order valence-electron chi connectivity index (χ0n) is 12.2. The van der Waals surface area contributed by atoms with Gasteiger partial charge in [0.2, 0.25) is 0 Å². The van der Waals surface area contributed by atoms with Gasteiger partial charge in [0.05, 0.1) is 0 Å². The smallest absolute Gasteiger partial charge is 0.265 e. The predicted octanol–water partition coefficient (Wildman–Crippen LogP) is 0.421. The van der Waals surface area contributed by atoms with E-state index < -0.39 is 10.6 Å². The highest BCUT2D eigenvalue weighted by atomic mass is 16.7. The number of H-pyrrole nitrogens is 1. The molecular weight excluding hydrogens is 288 g/mol. The average Bonchev–Trinajstić information content (AvgIpc) is 2.41. The van der Waals surface area contributed by atoms with Crippen LogP contribution in [0.15, 0.2) is 29.5 Å². The molecule has 0 radical (unpaired) electrons. The van der Waals surface area contributed by atoms with Gasteiger partial charge in [-0.2, -0.15) is 0 Å². The number of aromatic nitrogens is 3. The summed E-state index contributed by atoms with van der Waals surface area (Å²) in [5.74, 6) is -0.196. The minimum atomic E-state index is -0.785. The van der Waals surface area contributed by atoms with Crippen molar-refractivity contribution in [2.75, 3.05) is 19.5 Å². The number of pyridine rings is 1. The summed E-state index contributed by atoms with van der Waals surface area (Å²) in [5, 5.41) is 9.52. The summed E-state index contributed by atoms with van der Waals surface area (Å²) in [7, 11) is 3.92. The van der Waals surface area contributed by atoms with Crippen LogP contribution >= 0.6 is 0 Å². The molecule has 2 aromatic rings. The molecule has 0 aliphatic rings. The Labute approximate surface area is 126 Å². The molecule has 0 fully saturated rings. The van der Waals surface area contributed by atoms with Gasteiger partial charge in [-0.3, -0.25) is 14.8 Å². The molecule has 0 amide bonds. The molecule has 2 rings (SSSR count). The van der Waals surface area contributed by atoms with Gasteiger partial charge in [0.25, 0.3) is 11.5 Å². The molecule has 2 aromatic heterocycles.